The lowest BCUT2D eigenvalue weighted by Gasteiger charge is -2.44. The fraction of sp³-hybridized carbons (Fsp3) is 0.464. The number of likely N-dealkylation sites (tertiary alicyclic amines) is 1. The molecule has 2 N–H and O–H groups in total. The third kappa shape index (κ3) is 5.79. The van der Waals surface area contributed by atoms with Gasteiger partial charge in [0.05, 0.1) is 17.7 Å². The van der Waals surface area contributed by atoms with Crippen molar-refractivity contribution < 1.29 is 32.3 Å². The zero-order valence-corrected chi connectivity index (χ0v) is 21.5. The van der Waals surface area contributed by atoms with Crippen molar-refractivity contribution >= 4 is 23.6 Å². The number of hydrogen-bond donors (Lipinski definition) is 2. The van der Waals surface area contributed by atoms with Gasteiger partial charge in [-0.1, -0.05) is 18.2 Å². The predicted molar refractivity (Wildman–Crippen MR) is 136 cm³/mol. The van der Waals surface area contributed by atoms with Crippen LogP contribution in [0.4, 0.5) is 23.7 Å². The van der Waals surface area contributed by atoms with Gasteiger partial charge in [0, 0.05) is 30.3 Å². The first-order valence-electron chi connectivity index (χ1n) is 12.9. The molecule has 0 bridgehead atoms. The van der Waals surface area contributed by atoms with Gasteiger partial charge in [-0.15, -0.1) is 0 Å². The van der Waals surface area contributed by atoms with Gasteiger partial charge in [-0.3, -0.25) is 9.59 Å². The van der Waals surface area contributed by atoms with E-state index in [0.29, 0.717) is 38.2 Å². The first kappa shape index (κ1) is 27.5. The van der Waals surface area contributed by atoms with Crippen molar-refractivity contribution in [2.75, 3.05) is 25.0 Å². The zero-order chi connectivity index (χ0) is 27.5. The second kappa shape index (κ2) is 11.0. The molecular weight excluding hydrogens is 499 g/mol. The Labute approximate surface area is 219 Å². The first-order valence-corrected chi connectivity index (χ1v) is 12.9. The lowest BCUT2D eigenvalue weighted by atomic mass is 9.71. The van der Waals surface area contributed by atoms with Crippen LogP contribution in [0.25, 0.3) is 0 Å². The van der Waals surface area contributed by atoms with Crippen LogP contribution < -0.4 is 10.6 Å². The summed E-state index contributed by atoms with van der Waals surface area (Å²) in [6.07, 6.45) is -1.21. The Morgan fingerprint density at radius 2 is 1.71 bits per heavy atom. The summed E-state index contributed by atoms with van der Waals surface area (Å²) in [4.78, 5) is 39.4. The number of halogens is 3. The summed E-state index contributed by atoms with van der Waals surface area (Å²) in [6.45, 7) is 4.31. The van der Waals surface area contributed by atoms with Crippen molar-refractivity contribution in [1.29, 1.82) is 0 Å². The minimum absolute atomic E-state index is 0.0365. The Morgan fingerprint density at radius 1 is 1.05 bits per heavy atom. The van der Waals surface area contributed by atoms with Gasteiger partial charge in [-0.2, -0.15) is 13.2 Å². The molecular formula is C28H32F3N3O4. The molecule has 0 atom stereocenters. The number of ether oxygens (including phenoxy) is 1. The fourth-order valence-electron chi connectivity index (χ4n) is 5.15. The van der Waals surface area contributed by atoms with Gasteiger partial charge in [0.15, 0.2) is 0 Å². The molecule has 1 saturated carbocycles. The highest BCUT2D eigenvalue weighted by Gasteiger charge is 2.42. The minimum Gasteiger partial charge on any atom is -0.450 e. The summed E-state index contributed by atoms with van der Waals surface area (Å²) in [6, 6.07) is 10.6. The van der Waals surface area contributed by atoms with Crippen molar-refractivity contribution in [2.24, 2.45) is 5.92 Å². The number of rotatable bonds is 6. The van der Waals surface area contributed by atoms with Crippen LogP contribution >= 0.6 is 0 Å². The molecule has 0 unspecified atom stereocenters. The van der Waals surface area contributed by atoms with Crippen LogP contribution in [0.15, 0.2) is 42.5 Å². The summed E-state index contributed by atoms with van der Waals surface area (Å²) in [7, 11) is 0. The van der Waals surface area contributed by atoms with Gasteiger partial charge in [-0.05, 0) is 81.3 Å². The number of hydrogen-bond acceptors (Lipinski definition) is 4. The average Bonchev–Trinajstić information content (AvgIpc) is 2.86. The molecule has 7 nitrogen and oxygen atoms in total. The van der Waals surface area contributed by atoms with Gasteiger partial charge < -0.3 is 20.3 Å². The van der Waals surface area contributed by atoms with Crippen molar-refractivity contribution in [3.05, 3.63) is 64.7 Å². The maximum Gasteiger partial charge on any atom is 0.416 e. The van der Waals surface area contributed by atoms with Crippen molar-refractivity contribution in [2.45, 2.75) is 57.7 Å². The van der Waals surface area contributed by atoms with Crippen molar-refractivity contribution in [3.63, 3.8) is 0 Å². The van der Waals surface area contributed by atoms with Gasteiger partial charge in [0.1, 0.15) is 0 Å². The van der Waals surface area contributed by atoms with E-state index in [1.807, 2.05) is 12.1 Å². The Morgan fingerprint density at radius 3 is 2.26 bits per heavy atom. The normalized spacial score (nSPS) is 17.3. The molecule has 1 saturated heterocycles. The van der Waals surface area contributed by atoms with E-state index in [1.54, 1.807) is 24.0 Å². The minimum atomic E-state index is -4.54. The monoisotopic (exact) mass is 531 g/mol. The molecule has 0 aromatic heterocycles. The van der Waals surface area contributed by atoms with E-state index in [4.69, 9.17) is 4.74 Å². The number of carbonyl (C=O) groups is 3. The van der Waals surface area contributed by atoms with E-state index < -0.39 is 23.2 Å². The summed E-state index contributed by atoms with van der Waals surface area (Å²) in [5.41, 5.74) is -0.138. The number of nitrogens with zero attached hydrogens (tertiary/aromatic N) is 1. The third-order valence-corrected chi connectivity index (χ3v) is 7.54. The molecule has 2 fully saturated rings. The number of amides is 3. The lowest BCUT2D eigenvalue weighted by molar-refractivity contribution is -0.138. The third-order valence-electron chi connectivity index (χ3n) is 7.54. The first-order chi connectivity index (χ1) is 18.0. The number of benzene rings is 2. The molecule has 1 heterocycles. The molecule has 4 rings (SSSR count). The highest BCUT2D eigenvalue weighted by Crippen LogP contribution is 2.42. The summed E-state index contributed by atoms with van der Waals surface area (Å²) in [5, 5.41) is 5.90. The average molecular weight is 532 g/mol. The molecule has 204 valence electrons. The summed E-state index contributed by atoms with van der Waals surface area (Å²) in [5.74, 6) is -0.847. The van der Waals surface area contributed by atoms with E-state index in [2.05, 4.69) is 10.6 Å². The van der Waals surface area contributed by atoms with Crippen molar-refractivity contribution in [3.8, 4) is 0 Å². The van der Waals surface area contributed by atoms with Gasteiger partial charge in [-0.25, -0.2) is 4.79 Å². The molecule has 0 spiro atoms. The molecule has 2 aromatic rings. The van der Waals surface area contributed by atoms with E-state index >= 15 is 0 Å². The molecule has 2 aromatic carbocycles. The number of piperidine rings is 1. The molecule has 1 aliphatic heterocycles. The van der Waals surface area contributed by atoms with Crippen molar-refractivity contribution in [1.82, 2.24) is 10.2 Å². The maximum atomic E-state index is 13.2. The largest absolute Gasteiger partial charge is 0.450 e. The predicted octanol–water partition coefficient (Wildman–Crippen LogP) is 5.63. The summed E-state index contributed by atoms with van der Waals surface area (Å²) < 4.78 is 44.7. The number of anilines is 1. The smallest absolute Gasteiger partial charge is 0.416 e. The Bertz CT molecular complexity index is 1180. The SMILES string of the molecule is CCOC(=O)N1CCC(C(=O)NC2(c3ccc(NC(=O)c4cccc(C(F)(F)F)c4C)cc3)CCC2)CC1. The highest BCUT2D eigenvalue weighted by molar-refractivity contribution is 6.05. The van der Waals surface area contributed by atoms with E-state index in [-0.39, 0.29) is 29.0 Å². The van der Waals surface area contributed by atoms with E-state index in [9.17, 15) is 27.6 Å². The Kier molecular flexibility index (Phi) is 7.99. The quantitative estimate of drug-likeness (QED) is 0.506. The van der Waals surface area contributed by atoms with Gasteiger partial charge in [0.25, 0.3) is 5.91 Å². The standard InChI is InChI=1S/C28H32F3N3O4/c1-3-38-26(37)34-16-12-19(13-17-34)24(35)33-27(14-5-15-27)20-8-10-21(11-9-20)32-25(36)22-6-4-7-23(18(22)2)28(29,30)31/h4,6-11,19H,3,5,12-17H2,1-2H3,(H,32,36)(H,33,35). The van der Waals surface area contributed by atoms with Gasteiger partial charge >= 0.3 is 12.3 Å². The molecule has 2 aliphatic rings. The molecule has 3 amide bonds. The van der Waals surface area contributed by atoms with Crippen LogP contribution in [0.3, 0.4) is 0 Å². The lowest BCUT2D eigenvalue weighted by Crippen LogP contribution is -2.53. The zero-order valence-electron chi connectivity index (χ0n) is 21.5. The van der Waals surface area contributed by atoms with Crippen LogP contribution in [0, 0.1) is 12.8 Å². The Balaban J connectivity index is 1.39. The van der Waals surface area contributed by atoms with Crippen LogP contribution in [0.2, 0.25) is 0 Å². The molecule has 38 heavy (non-hydrogen) atoms. The topological polar surface area (TPSA) is 87.7 Å². The second-order valence-electron chi connectivity index (χ2n) is 9.89. The highest BCUT2D eigenvalue weighted by atomic mass is 19.4. The fourth-order valence-corrected chi connectivity index (χ4v) is 5.15. The van der Waals surface area contributed by atoms with Crippen LogP contribution in [-0.2, 0) is 21.2 Å². The Hall–Kier alpha value is -3.56. The number of carbonyl (C=O) groups excluding carboxylic acids is 3. The molecule has 0 radical (unpaired) electrons. The van der Waals surface area contributed by atoms with E-state index in [1.165, 1.54) is 19.1 Å². The second-order valence-corrected chi connectivity index (χ2v) is 9.89. The number of nitrogens with one attached hydrogen (secondary N) is 2. The molecule has 10 heteroatoms. The van der Waals surface area contributed by atoms with Crippen LogP contribution in [-0.4, -0.2) is 42.5 Å². The number of alkyl halides is 3. The van der Waals surface area contributed by atoms with Crippen LogP contribution in [0.5, 0.6) is 0 Å². The van der Waals surface area contributed by atoms with Gasteiger partial charge in [0.2, 0.25) is 5.91 Å². The summed E-state index contributed by atoms with van der Waals surface area (Å²) >= 11 is 0. The molecule has 1 aliphatic carbocycles. The van der Waals surface area contributed by atoms with Crippen LogP contribution in [0.1, 0.15) is 66.1 Å². The van der Waals surface area contributed by atoms with E-state index in [0.717, 1.165) is 30.9 Å². The maximum absolute atomic E-state index is 13.2.